The van der Waals surface area contributed by atoms with E-state index in [0.717, 1.165) is 16.7 Å². The first-order valence-corrected chi connectivity index (χ1v) is 9.72. The Kier molecular flexibility index (Phi) is 5.31. The van der Waals surface area contributed by atoms with Crippen molar-refractivity contribution in [3.8, 4) is 0 Å². The number of aliphatic hydroxyl groups is 1. The van der Waals surface area contributed by atoms with Crippen LogP contribution in [0.4, 0.5) is 5.69 Å². The predicted octanol–water partition coefficient (Wildman–Crippen LogP) is 5.18. The van der Waals surface area contributed by atoms with E-state index in [1.165, 1.54) is 11.0 Å². The zero-order valence-electron chi connectivity index (χ0n) is 16.5. The van der Waals surface area contributed by atoms with E-state index < -0.39 is 23.5 Å². The van der Waals surface area contributed by atoms with Crippen LogP contribution in [0.2, 0.25) is 0 Å². The second-order valence-electron chi connectivity index (χ2n) is 7.19. The summed E-state index contributed by atoms with van der Waals surface area (Å²) in [7, 11) is 0. The standard InChI is InChI=1S/C26H21NO3/c1-18-12-15-21(16-13-18)27-24(20-10-6-3-7-11-20)23(25(29)26(27)30)22(28)17-14-19-8-4-2-5-9-19/h2-17,24,29H,1H3/b17-14+/t24-/m1/s1. The molecule has 4 rings (SSSR count). The molecule has 0 aliphatic carbocycles. The van der Waals surface area contributed by atoms with Gasteiger partial charge in [-0.25, -0.2) is 0 Å². The van der Waals surface area contributed by atoms with Crippen molar-refractivity contribution in [1.82, 2.24) is 0 Å². The molecule has 0 unspecified atom stereocenters. The summed E-state index contributed by atoms with van der Waals surface area (Å²) in [4.78, 5) is 27.6. The summed E-state index contributed by atoms with van der Waals surface area (Å²) in [6, 6.07) is 25.4. The maximum Gasteiger partial charge on any atom is 0.294 e. The van der Waals surface area contributed by atoms with Crippen molar-refractivity contribution < 1.29 is 14.7 Å². The highest BCUT2D eigenvalue weighted by Crippen LogP contribution is 2.41. The molecule has 0 saturated heterocycles. The number of allylic oxidation sites excluding steroid dienone is 1. The van der Waals surface area contributed by atoms with Gasteiger partial charge in [0.05, 0.1) is 11.6 Å². The number of rotatable bonds is 5. The summed E-state index contributed by atoms with van der Waals surface area (Å²) >= 11 is 0. The van der Waals surface area contributed by atoms with Crippen molar-refractivity contribution in [3.05, 3.63) is 119 Å². The number of anilines is 1. The summed E-state index contributed by atoms with van der Waals surface area (Å²) in [5, 5.41) is 10.7. The fraction of sp³-hybridized carbons (Fsp3) is 0.0769. The van der Waals surface area contributed by atoms with Gasteiger partial charge in [0, 0.05) is 5.69 Å². The summed E-state index contributed by atoms with van der Waals surface area (Å²) in [5.41, 5.74) is 3.38. The van der Waals surface area contributed by atoms with Crippen LogP contribution in [0.1, 0.15) is 22.7 Å². The van der Waals surface area contributed by atoms with Crippen LogP contribution in [0, 0.1) is 6.92 Å². The average Bonchev–Trinajstić information content (AvgIpc) is 3.05. The maximum absolute atomic E-state index is 13.1. The molecular formula is C26H21NO3. The van der Waals surface area contributed by atoms with Crippen LogP contribution in [-0.4, -0.2) is 16.8 Å². The van der Waals surface area contributed by atoms with Gasteiger partial charge in [0.2, 0.25) is 0 Å². The highest BCUT2D eigenvalue weighted by molar-refractivity contribution is 6.19. The minimum atomic E-state index is -0.700. The first-order valence-electron chi connectivity index (χ1n) is 9.72. The number of benzene rings is 3. The number of ketones is 1. The molecule has 0 spiro atoms. The second kappa shape index (κ2) is 8.21. The largest absolute Gasteiger partial charge is 0.503 e. The fourth-order valence-corrected chi connectivity index (χ4v) is 3.61. The highest BCUT2D eigenvalue weighted by atomic mass is 16.3. The Labute approximate surface area is 175 Å². The minimum absolute atomic E-state index is 0.0824. The number of nitrogens with zero attached hydrogens (tertiary/aromatic N) is 1. The Morgan fingerprint density at radius 2 is 1.50 bits per heavy atom. The lowest BCUT2D eigenvalue weighted by Gasteiger charge is -2.26. The molecule has 148 valence electrons. The van der Waals surface area contributed by atoms with E-state index in [2.05, 4.69) is 0 Å². The summed E-state index contributed by atoms with van der Waals surface area (Å²) < 4.78 is 0. The Morgan fingerprint density at radius 1 is 0.900 bits per heavy atom. The van der Waals surface area contributed by atoms with Crippen molar-refractivity contribution in [2.24, 2.45) is 0 Å². The van der Waals surface area contributed by atoms with Gasteiger partial charge in [-0.1, -0.05) is 84.4 Å². The molecule has 4 heteroatoms. The SMILES string of the molecule is Cc1ccc(N2C(=O)C(O)=C(C(=O)/C=C/c3ccccc3)[C@H]2c2ccccc2)cc1. The minimum Gasteiger partial charge on any atom is -0.503 e. The van der Waals surface area contributed by atoms with Gasteiger partial charge in [-0.15, -0.1) is 0 Å². The quantitative estimate of drug-likeness (QED) is 0.606. The highest BCUT2D eigenvalue weighted by Gasteiger charge is 2.43. The van der Waals surface area contributed by atoms with Crippen molar-refractivity contribution in [2.45, 2.75) is 13.0 Å². The molecule has 1 amide bonds. The molecule has 1 aliphatic heterocycles. The second-order valence-corrected chi connectivity index (χ2v) is 7.19. The molecule has 1 heterocycles. The number of carbonyl (C=O) groups excluding carboxylic acids is 2. The van der Waals surface area contributed by atoms with Crippen LogP contribution in [0.15, 0.2) is 102 Å². The molecule has 0 saturated carbocycles. The molecule has 0 aromatic heterocycles. The lowest BCUT2D eigenvalue weighted by Crippen LogP contribution is -2.30. The molecule has 0 fully saturated rings. The normalized spacial score (nSPS) is 16.5. The molecule has 4 nitrogen and oxygen atoms in total. The summed E-state index contributed by atoms with van der Waals surface area (Å²) in [6.07, 6.45) is 3.09. The molecule has 3 aromatic carbocycles. The van der Waals surface area contributed by atoms with Gasteiger partial charge in [-0.3, -0.25) is 14.5 Å². The summed E-state index contributed by atoms with van der Waals surface area (Å²) in [6.45, 7) is 1.96. The van der Waals surface area contributed by atoms with Crippen LogP contribution in [0.25, 0.3) is 6.08 Å². The van der Waals surface area contributed by atoms with Gasteiger partial charge in [0.1, 0.15) is 0 Å². The monoisotopic (exact) mass is 395 g/mol. The van der Waals surface area contributed by atoms with E-state index in [1.807, 2.05) is 91.9 Å². The maximum atomic E-state index is 13.1. The van der Waals surface area contributed by atoms with E-state index in [4.69, 9.17) is 0 Å². The molecule has 0 bridgehead atoms. The van der Waals surface area contributed by atoms with Gasteiger partial charge in [0.15, 0.2) is 11.5 Å². The van der Waals surface area contributed by atoms with Crippen LogP contribution >= 0.6 is 0 Å². The predicted molar refractivity (Wildman–Crippen MR) is 118 cm³/mol. The van der Waals surface area contributed by atoms with E-state index in [-0.39, 0.29) is 5.57 Å². The Bertz CT molecular complexity index is 1130. The van der Waals surface area contributed by atoms with Gasteiger partial charge in [0.25, 0.3) is 5.91 Å². The van der Waals surface area contributed by atoms with E-state index in [1.54, 1.807) is 6.08 Å². The van der Waals surface area contributed by atoms with E-state index >= 15 is 0 Å². The number of aliphatic hydroxyl groups excluding tert-OH is 1. The third-order valence-electron chi connectivity index (χ3n) is 5.13. The molecule has 30 heavy (non-hydrogen) atoms. The van der Waals surface area contributed by atoms with Gasteiger partial charge < -0.3 is 5.11 Å². The number of amides is 1. The zero-order valence-corrected chi connectivity index (χ0v) is 16.5. The van der Waals surface area contributed by atoms with Crippen molar-refractivity contribution in [1.29, 1.82) is 0 Å². The summed E-state index contributed by atoms with van der Waals surface area (Å²) in [5.74, 6) is -1.48. The van der Waals surface area contributed by atoms with E-state index in [9.17, 15) is 14.7 Å². The van der Waals surface area contributed by atoms with Crippen molar-refractivity contribution in [2.75, 3.05) is 4.90 Å². The van der Waals surface area contributed by atoms with Gasteiger partial charge in [-0.05, 0) is 36.3 Å². The zero-order chi connectivity index (χ0) is 21.1. The third kappa shape index (κ3) is 3.67. The van der Waals surface area contributed by atoms with Crippen LogP contribution < -0.4 is 4.90 Å². The number of carbonyl (C=O) groups is 2. The molecule has 1 N–H and O–H groups in total. The topological polar surface area (TPSA) is 57.6 Å². The lowest BCUT2D eigenvalue weighted by molar-refractivity contribution is -0.117. The first-order chi connectivity index (χ1) is 14.6. The molecular weight excluding hydrogens is 374 g/mol. The fourth-order valence-electron chi connectivity index (χ4n) is 3.61. The average molecular weight is 395 g/mol. The van der Waals surface area contributed by atoms with Gasteiger partial charge >= 0.3 is 0 Å². The van der Waals surface area contributed by atoms with Crippen molar-refractivity contribution >= 4 is 23.5 Å². The molecule has 0 radical (unpaired) electrons. The van der Waals surface area contributed by atoms with Crippen LogP contribution in [0.3, 0.4) is 0 Å². The Hall–Kier alpha value is -3.92. The first kappa shape index (κ1) is 19.4. The number of hydrogen-bond donors (Lipinski definition) is 1. The number of hydrogen-bond acceptors (Lipinski definition) is 3. The molecule has 1 atom stereocenters. The van der Waals surface area contributed by atoms with Gasteiger partial charge in [-0.2, -0.15) is 0 Å². The number of aryl methyl sites for hydroxylation is 1. The molecule has 1 aliphatic rings. The van der Waals surface area contributed by atoms with Crippen LogP contribution in [0.5, 0.6) is 0 Å². The third-order valence-corrected chi connectivity index (χ3v) is 5.13. The Morgan fingerprint density at radius 3 is 2.13 bits per heavy atom. The Balaban J connectivity index is 1.77. The van der Waals surface area contributed by atoms with E-state index in [0.29, 0.717) is 5.69 Å². The van der Waals surface area contributed by atoms with Crippen molar-refractivity contribution in [3.63, 3.8) is 0 Å². The smallest absolute Gasteiger partial charge is 0.294 e. The lowest BCUT2D eigenvalue weighted by atomic mass is 9.95. The van der Waals surface area contributed by atoms with Crippen LogP contribution in [-0.2, 0) is 9.59 Å². The molecule has 3 aromatic rings.